The van der Waals surface area contributed by atoms with Crippen LogP contribution < -0.4 is 0 Å². The summed E-state index contributed by atoms with van der Waals surface area (Å²) in [5.74, 6) is 1.41. The Hall–Kier alpha value is -7.03. The van der Waals surface area contributed by atoms with E-state index in [1.54, 1.807) is 23.5 Å². The Labute approximate surface area is 318 Å². The predicted molar refractivity (Wildman–Crippen MR) is 222 cm³/mol. The Morgan fingerprint density at radius 1 is 0.370 bits per heavy atom. The van der Waals surface area contributed by atoms with Crippen LogP contribution in [0.15, 0.2) is 152 Å². The van der Waals surface area contributed by atoms with E-state index in [1.165, 1.54) is 51.5 Å². The molecule has 0 fully saturated rings. The van der Waals surface area contributed by atoms with Gasteiger partial charge in [-0.25, -0.2) is 15.0 Å². The van der Waals surface area contributed by atoms with Crippen LogP contribution in [-0.4, -0.2) is 15.0 Å². The van der Waals surface area contributed by atoms with Crippen molar-refractivity contribution in [2.24, 2.45) is 0 Å². The number of benzene rings is 7. The third-order valence-corrected chi connectivity index (χ3v) is 12.2. The van der Waals surface area contributed by atoms with Crippen LogP contribution >= 0.6 is 22.7 Å². The van der Waals surface area contributed by atoms with Crippen LogP contribution in [0, 0.1) is 22.7 Å². The third-order valence-electron chi connectivity index (χ3n) is 9.76. The molecule has 0 aliphatic carbocycles. The predicted octanol–water partition coefficient (Wildman–Crippen LogP) is 12.7. The lowest BCUT2D eigenvalue weighted by Gasteiger charge is -2.10. The van der Waals surface area contributed by atoms with Crippen molar-refractivity contribution >= 4 is 63.0 Å². The summed E-state index contributed by atoms with van der Waals surface area (Å²) in [7, 11) is 0. The van der Waals surface area contributed by atoms with Gasteiger partial charge in [-0.2, -0.15) is 10.5 Å². The van der Waals surface area contributed by atoms with E-state index in [9.17, 15) is 10.5 Å². The largest absolute Gasteiger partial charge is 0.208 e. The van der Waals surface area contributed by atoms with Gasteiger partial charge in [0.2, 0.25) is 0 Å². The summed E-state index contributed by atoms with van der Waals surface area (Å²) >= 11 is 3.66. The summed E-state index contributed by atoms with van der Waals surface area (Å²) in [6.45, 7) is 0. The molecule has 0 atom stereocenters. The van der Waals surface area contributed by atoms with Crippen LogP contribution in [0.2, 0.25) is 0 Å². The fourth-order valence-electron chi connectivity index (χ4n) is 7.22. The first kappa shape index (κ1) is 31.7. The molecule has 7 aromatic carbocycles. The number of nitrogens with zero attached hydrogens (tertiary/aromatic N) is 5. The number of nitriles is 2. The van der Waals surface area contributed by atoms with E-state index in [-0.39, 0.29) is 0 Å². The number of hydrogen-bond donors (Lipinski definition) is 0. The van der Waals surface area contributed by atoms with Crippen molar-refractivity contribution in [1.29, 1.82) is 10.5 Å². The van der Waals surface area contributed by atoms with Gasteiger partial charge in [-0.15, -0.1) is 22.7 Å². The highest BCUT2D eigenvalue weighted by Gasteiger charge is 2.18. The average Bonchev–Trinajstić information content (AvgIpc) is 3.82. The molecule has 10 rings (SSSR count). The molecule has 0 bridgehead atoms. The maximum Gasteiger partial charge on any atom is 0.164 e. The van der Waals surface area contributed by atoms with Gasteiger partial charge in [0.1, 0.15) is 0 Å². The molecule has 0 amide bonds. The van der Waals surface area contributed by atoms with E-state index in [0.29, 0.717) is 39.7 Å². The summed E-state index contributed by atoms with van der Waals surface area (Å²) in [4.78, 5) is 14.6. The summed E-state index contributed by atoms with van der Waals surface area (Å²) in [5.41, 5.74) is 7.67. The molecule has 0 aliphatic heterocycles. The Morgan fingerprint density at radius 2 is 0.926 bits per heavy atom. The van der Waals surface area contributed by atoms with E-state index < -0.39 is 0 Å². The van der Waals surface area contributed by atoms with Crippen molar-refractivity contribution < 1.29 is 0 Å². The van der Waals surface area contributed by atoms with Crippen molar-refractivity contribution in [3.63, 3.8) is 0 Å². The molecule has 7 heteroatoms. The molecule has 10 aromatic rings. The SMILES string of the molecule is N#Cc1cccc(-c2nc(-c3ccccc3)nc(-c3cc(C#N)cc(-c4ccc5c(c4)sc4c(-c6cccc7c6sc6ccccc67)cccc45)c3)n2)c1. The van der Waals surface area contributed by atoms with Crippen molar-refractivity contribution in [3.8, 4) is 68.6 Å². The van der Waals surface area contributed by atoms with Crippen LogP contribution in [0.4, 0.5) is 0 Å². The van der Waals surface area contributed by atoms with E-state index in [0.717, 1.165) is 16.7 Å². The summed E-state index contributed by atoms with van der Waals surface area (Å²) in [5, 5.41) is 24.8. The molecule has 250 valence electrons. The molecule has 0 radical (unpaired) electrons. The minimum absolute atomic E-state index is 0.447. The highest BCUT2D eigenvalue weighted by Crippen LogP contribution is 2.46. The number of rotatable bonds is 5. The zero-order chi connectivity index (χ0) is 36.2. The van der Waals surface area contributed by atoms with E-state index in [4.69, 9.17) is 15.0 Å². The number of fused-ring (bicyclic) bond motifs is 6. The van der Waals surface area contributed by atoms with Gasteiger partial charge in [0.15, 0.2) is 17.5 Å². The van der Waals surface area contributed by atoms with Gasteiger partial charge >= 0.3 is 0 Å². The summed E-state index contributed by atoms with van der Waals surface area (Å²) in [6.07, 6.45) is 0. The zero-order valence-electron chi connectivity index (χ0n) is 28.5. The highest BCUT2D eigenvalue weighted by molar-refractivity contribution is 7.27. The highest BCUT2D eigenvalue weighted by atomic mass is 32.1. The maximum absolute atomic E-state index is 10.2. The molecule has 0 saturated carbocycles. The lowest BCUT2D eigenvalue weighted by atomic mass is 9.98. The second-order valence-electron chi connectivity index (χ2n) is 13.1. The van der Waals surface area contributed by atoms with Gasteiger partial charge in [-0.3, -0.25) is 0 Å². The zero-order valence-corrected chi connectivity index (χ0v) is 30.1. The Bertz CT molecular complexity index is 3200. The lowest BCUT2D eigenvalue weighted by Crippen LogP contribution is -2.00. The van der Waals surface area contributed by atoms with Gasteiger partial charge in [0, 0.05) is 68.2 Å². The Morgan fingerprint density at radius 3 is 1.67 bits per heavy atom. The first-order chi connectivity index (χ1) is 26.6. The van der Waals surface area contributed by atoms with E-state index in [2.05, 4.69) is 91.0 Å². The van der Waals surface area contributed by atoms with Crippen LogP contribution in [-0.2, 0) is 0 Å². The topological polar surface area (TPSA) is 86.2 Å². The van der Waals surface area contributed by atoms with E-state index >= 15 is 0 Å². The van der Waals surface area contributed by atoms with Crippen molar-refractivity contribution in [2.75, 3.05) is 0 Å². The van der Waals surface area contributed by atoms with Crippen LogP contribution in [0.25, 0.3) is 96.8 Å². The standard InChI is InChI=1S/C47H25N5S2/c48-26-28-9-6-12-32(21-28)46-50-45(30-10-2-1-3-11-30)51-47(52-46)34-23-29(27-49)22-33(24-34)31-19-20-36-38-15-8-17-40(44(38)54-42(36)25-31)39-16-7-14-37-35-13-4-5-18-41(35)53-43(37)39/h1-25H. The van der Waals surface area contributed by atoms with Gasteiger partial charge < -0.3 is 0 Å². The number of thiophene rings is 2. The first-order valence-corrected chi connectivity index (χ1v) is 19.0. The molecular formula is C47H25N5S2. The minimum Gasteiger partial charge on any atom is -0.208 e. The molecule has 5 nitrogen and oxygen atoms in total. The normalized spacial score (nSPS) is 11.3. The van der Waals surface area contributed by atoms with Gasteiger partial charge in [0.25, 0.3) is 0 Å². The average molecular weight is 724 g/mol. The third kappa shape index (κ3) is 5.39. The fraction of sp³-hybridized carbons (Fsp3) is 0. The molecule has 3 heterocycles. The van der Waals surface area contributed by atoms with Crippen molar-refractivity contribution in [3.05, 3.63) is 163 Å². The van der Waals surface area contributed by atoms with Gasteiger partial charge in [-0.1, -0.05) is 109 Å². The Kier molecular flexibility index (Phi) is 7.56. The van der Waals surface area contributed by atoms with Crippen LogP contribution in [0.1, 0.15) is 11.1 Å². The summed E-state index contributed by atoms with van der Waals surface area (Å²) < 4.78 is 5.03. The van der Waals surface area contributed by atoms with E-state index in [1.807, 2.05) is 72.0 Å². The maximum atomic E-state index is 10.2. The molecular weight excluding hydrogens is 699 g/mol. The second-order valence-corrected chi connectivity index (χ2v) is 15.2. The number of hydrogen-bond acceptors (Lipinski definition) is 7. The van der Waals surface area contributed by atoms with Crippen LogP contribution in [0.5, 0.6) is 0 Å². The molecule has 54 heavy (non-hydrogen) atoms. The molecule has 0 unspecified atom stereocenters. The fourth-order valence-corrected chi connectivity index (χ4v) is 9.72. The smallest absolute Gasteiger partial charge is 0.164 e. The van der Waals surface area contributed by atoms with Crippen molar-refractivity contribution in [2.45, 2.75) is 0 Å². The second kappa shape index (κ2) is 12.9. The number of aromatic nitrogens is 3. The monoisotopic (exact) mass is 723 g/mol. The Balaban J connectivity index is 1.11. The summed E-state index contributed by atoms with van der Waals surface area (Å²) in [6, 6.07) is 55.8. The lowest BCUT2D eigenvalue weighted by molar-refractivity contribution is 1.07. The van der Waals surface area contributed by atoms with Gasteiger partial charge in [0.05, 0.1) is 23.3 Å². The minimum atomic E-state index is 0.447. The van der Waals surface area contributed by atoms with Gasteiger partial charge in [-0.05, 0) is 53.6 Å². The first-order valence-electron chi connectivity index (χ1n) is 17.4. The van der Waals surface area contributed by atoms with Crippen LogP contribution in [0.3, 0.4) is 0 Å². The quantitative estimate of drug-likeness (QED) is 0.176. The molecule has 0 spiro atoms. The molecule has 0 N–H and O–H groups in total. The molecule has 0 aliphatic rings. The molecule has 0 saturated heterocycles. The molecule has 3 aromatic heterocycles. The van der Waals surface area contributed by atoms with Crippen molar-refractivity contribution in [1.82, 2.24) is 15.0 Å².